The van der Waals surface area contributed by atoms with Gasteiger partial charge in [-0.3, -0.25) is 9.79 Å². The van der Waals surface area contributed by atoms with Gasteiger partial charge in [-0.2, -0.15) is 0 Å². The van der Waals surface area contributed by atoms with Crippen molar-refractivity contribution in [3.63, 3.8) is 0 Å². The zero-order valence-electron chi connectivity index (χ0n) is 17.3. The summed E-state index contributed by atoms with van der Waals surface area (Å²) < 4.78 is 7.15. The molecule has 9 nitrogen and oxygen atoms in total. The topological polar surface area (TPSA) is 96.7 Å². The molecule has 158 valence electrons. The van der Waals surface area contributed by atoms with Crippen LogP contribution in [0.1, 0.15) is 44.9 Å². The Morgan fingerprint density at radius 2 is 2.11 bits per heavy atom. The van der Waals surface area contributed by atoms with Gasteiger partial charge in [0, 0.05) is 59.2 Å². The Bertz CT molecular complexity index is 603. The lowest BCUT2D eigenvalue weighted by atomic mass is 10.2. The van der Waals surface area contributed by atoms with Crippen LogP contribution in [0.3, 0.4) is 0 Å². The van der Waals surface area contributed by atoms with Crippen LogP contribution in [0.5, 0.6) is 0 Å². The highest BCUT2D eigenvalue weighted by Gasteiger charge is 2.15. The van der Waals surface area contributed by atoms with Crippen molar-refractivity contribution in [1.82, 2.24) is 30.3 Å². The molecule has 28 heavy (non-hydrogen) atoms. The summed E-state index contributed by atoms with van der Waals surface area (Å²) in [6.45, 7) is 7.25. The van der Waals surface area contributed by atoms with Gasteiger partial charge in [0.15, 0.2) is 5.96 Å². The lowest BCUT2D eigenvalue weighted by molar-refractivity contribution is -0.130. The van der Waals surface area contributed by atoms with Crippen molar-refractivity contribution >= 4 is 11.9 Å². The first-order chi connectivity index (χ1) is 13.7. The quantitative estimate of drug-likeness (QED) is 0.328. The molecule has 0 aromatic carbocycles. The fourth-order valence-corrected chi connectivity index (χ4v) is 3.21. The van der Waals surface area contributed by atoms with Gasteiger partial charge in [-0.25, -0.2) is 0 Å². The average molecular weight is 394 g/mol. The number of methoxy groups -OCH3 is 1. The number of nitrogens with zero attached hydrogens (tertiary/aromatic N) is 5. The van der Waals surface area contributed by atoms with E-state index < -0.39 is 0 Å². The van der Waals surface area contributed by atoms with E-state index in [2.05, 4.69) is 32.7 Å². The predicted molar refractivity (Wildman–Crippen MR) is 109 cm³/mol. The maximum Gasteiger partial charge on any atom is 0.222 e. The number of carbonyl (C=O) groups is 1. The second-order valence-corrected chi connectivity index (χ2v) is 6.92. The number of ether oxygens (including phenoxy) is 1. The minimum absolute atomic E-state index is 0.290. The van der Waals surface area contributed by atoms with Gasteiger partial charge in [-0.05, 0) is 19.3 Å². The summed E-state index contributed by atoms with van der Waals surface area (Å²) in [5.74, 6) is 2.04. The van der Waals surface area contributed by atoms with Crippen LogP contribution < -0.4 is 10.6 Å². The highest BCUT2D eigenvalue weighted by Crippen LogP contribution is 2.11. The number of guanidine groups is 1. The van der Waals surface area contributed by atoms with Crippen molar-refractivity contribution in [2.24, 2.45) is 4.99 Å². The minimum Gasteiger partial charge on any atom is -0.383 e. The predicted octanol–water partition coefficient (Wildman–Crippen LogP) is 0.815. The molecule has 9 heteroatoms. The van der Waals surface area contributed by atoms with E-state index in [0.717, 1.165) is 70.1 Å². The van der Waals surface area contributed by atoms with Crippen LogP contribution >= 0.6 is 0 Å². The van der Waals surface area contributed by atoms with Gasteiger partial charge in [-0.1, -0.05) is 13.3 Å². The molecule has 2 rings (SSSR count). The number of hydrogen-bond donors (Lipinski definition) is 2. The third-order valence-electron chi connectivity index (χ3n) is 4.78. The Morgan fingerprint density at radius 3 is 2.93 bits per heavy atom. The van der Waals surface area contributed by atoms with E-state index in [-0.39, 0.29) is 0 Å². The molecule has 1 fully saturated rings. The standard InChI is InChI=1S/C19H35N7O2/c1-3-17-24-23-16-26(17)14-10-21-19(22-11-15-28-2)20-9-7-13-25-12-6-4-5-8-18(25)27/h16H,3-15H2,1-2H3,(H2,20,21,22). The molecule has 0 bridgehead atoms. The number of aromatic nitrogens is 3. The zero-order valence-corrected chi connectivity index (χ0v) is 17.3. The molecule has 1 aromatic heterocycles. The molecule has 1 aliphatic rings. The molecule has 0 unspecified atom stereocenters. The third-order valence-corrected chi connectivity index (χ3v) is 4.78. The van der Waals surface area contributed by atoms with Gasteiger partial charge in [0.1, 0.15) is 12.2 Å². The SMILES string of the molecule is CCc1nncn1CCNC(=NCCCN1CCCCCC1=O)NCCOC. The minimum atomic E-state index is 0.290. The summed E-state index contributed by atoms with van der Waals surface area (Å²) in [5, 5.41) is 14.7. The van der Waals surface area contributed by atoms with E-state index in [1.54, 1.807) is 13.4 Å². The van der Waals surface area contributed by atoms with Crippen molar-refractivity contribution in [2.75, 3.05) is 46.4 Å². The summed E-state index contributed by atoms with van der Waals surface area (Å²) in [6, 6.07) is 0. The number of aliphatic imine (C=N–C) groups is 1. The van der Waals surface area contributed by atoms with E-state index >= 15 is 0 Å². The Hall–Kier alpha value is -2.16. The smallest absolute Gasteiger partial charge is 0.222 e. The van der Waals surface area contributed by atoms with E-state index in [4.69, 9.17) is 4.74 Å². The van der Waals surface area contributed by atoms with Crippen molar-refractivity contribution in [3.8, 4) is 0 Å². The summed E-state index contributed by atoms with van der Waals surface area (Å²) in [6.07, 6.45) is 7.48. The summed E-state index contributed by atoms with van der Waals surface area (Å²) in [5.41, 5.74) is 0. The normalized spacial score (nSPS) is 15.6. The Balaban J connectivity index is 1.76. The zero-order chi connectivity index (χ0) is 20.0. The maximum absolute atomic E-state index is 12.1. The first-order valence-corrected chi connectivity index (χ1v) is 10.4. The molecule has 2 N–H and O–H groups in total. The summed E-state index contributed by atoms with van der Waals surface area (Å²) >= 11 is 0. The fourth-order valence-electron chi connectivity index (χ4n) is 3.21. The molecule has 1 aromatic rings. The summed E-state index contributed by atoms with van der Waals surface area (Å²) in [4.78, 5) is 18.7. The number of aryl methyl sites for hydroxylation is 1. The van der Waals surface area contributed by atoms with E-state index in [1.807, 2.05) is 9.47 Å². The highest BCUT2D eigenvalue weighted by atomic mass is 16.5. The van der Waals surface area contributed by atoms with Gasteiger partial charge in [0.2, 0.25) is 5.91 Å². The molecular formula is C19H35N7O2. The Morgan fingerprint density at radius 1 is 1.25 bits per heavy atom. The molecular weight excluding hydrogens is 358 g/mol. The van der Waals surface area contributed by atoms with Gasteiger partial charge < -0.3 is 24.8 Å². The van der Waals surface area contributed by atoms with Gasteiger partial charge >= 0.3 is 0 Å². The lowest BCUT2D eigenvalue weighted by Gasteiger charge is -2.20. The number of likely N-dealkylation sites (tertiary alicyclic amines) is 1. The molecule has 1 amide bonds. The molecule has 0 aliphatic carbocycles. The first kappa shape index (κ1) is 22.1. The Kier molecular flexibility index (Phi) is 10.3. The molecule has 0 radical (unpaired) electrons. The van der Waals surface area contributed by atoms with Crippen molar-refractivity contribution in [2.45, 2.75) is 52.0 Å². The van der Waals surface area contributed by atoms with Crippen molar-refractivity contribution in [1.29, 1.82) is 0 Å². The van der Waals surface area contributed by atoms with Gasteiger partial charge in [0.25, 0.3) is 0 Å². The largest absolute Gasteiger partial charge is 0.383 e. The number of carbonyl (C=O) groups excluding carboxylic acids is 1. The summed E-state index contributed by atoms with van der Waals surface area (Å²) in [7, 11) is 1.68. The average Bonchev–Trinajstić information content (AvgIpc) is 3.06. The third kappa shape index (κ3) is 7.84. The number of nitrogens with one attached hydrogen (secondary N) is 2. The fraction of sp³-hybridized carbons (Fsp3) is 0.789. The monoisotopic (exact) mass is 393 g/mol. The van der Waals surface area contributed by atoms with E-state index in [9.17, 15) is 4.79 Å². The van der Waals surface area contributed by atoms with Crippen LogP contribution in [0, 0.1) is 0 Å². The van der Waals surface area contributed by atoms with Crippen LogP contribution in [-0.2, 0) is 22.5 Å². The molecule has 1 aliphatic heterocycles. The maximum atomic E-state index is 12.1. The van der Waals surface area contributed by atoms with Crippen LogP contribution in [-0.4, -0.2) is 78.0 Å². The first-order valence-electron chi connectivity index (χ1n) is 10.4. The van der Waals surface area contributed by atoms with E-state index in [0.29, 0.717) is 32.0 Å². The van der Waals surface area contributed by atoms with Crippen LogP contribution in [0.25, 0.3) is 0 Å². The molecule has 1 saturated heterocycles. The van der Waals surface area contributed by atoms with E-state index in [1.165, 1.54) is 0 Å². The number of hydrogen-bond acceptors (Lipinski definition) is 5. The second kappa shape index (κ2) is 13.1. The van der Waals surface area contributed by atoms with Gasteiger partial charge in [0.05, 0.1) is 6.61 Å². The number of amides is 1. The molecule has 0 saturated carbocycles. The molecule has 0 atom stereocenters. The van der Waals surface area contributed by atoms with Crippen LogP contribution in [0.2, 0.25) is 0 Å². The van der Waals surface area contributed by atoms with Crippen molar-refractivity contribution in [3.05, 3.63) is 12.2 Å². The van der Waals surface area contributed by atoms with Gasteiger partial charge in [-0.15, -0.1) is 10.2 Å². The lowest BCUT2D eigenvalue weighted by Crippen LogP contribution is -2.40. The highest BCUT2D eigenvalue weighted by molar-refractivity contribution is 5.79. The van der Waals surface area contributed by atoms with Crippen LogP contribution in [0.4, 0.5) is 0 Å². The van der Waals surface area contributed by atoms with Crippen LogP contribution in [0.15, 0.2) is 11.3 Å². The van der Waals surface area contributed by atoms with Crippen molar-refractivity contribution < 1.29 is 9.53 Å². The molecule has 2 heterocycles. The molecule has 0 spiro atoms. The second-order valence-electron chi connectivity index (χ2n) is 6.92. The number of rotatable bonds is 11. The Labute approximate surface area is 167 Å².